The summed E-state index contributed by atoms with van der Waals surface area (Å²) in [5.74, 6) is 0.735. The predicted molar refractivity (Wildman–Crippen MR) is 81.1 cm³/mol. The van der Waals surface area contributed by atoms with E-state index in [2.05, 4.69) is 26.7 Å². The molecule has 0 spiro atoms. The fourth-order valence-corrected chi connectivity index (χ4v) is 3.85. The van der Waals surface area contributed by atoms with Crippen LogP contribution in [0.15, 0.2) is 12.3 Å². The van der Waals surface area contributed by atoms with Gasteiger partial charge in [-0.2, -0.15) is 0 Å². The number of aryl methyl sites for hydroxylation is 1. The Morgan fingerprint density at radius 3 is 2.81 bits per heavy atom. The van der Waals surface area contributed by atoms with Gasteiger partial charge in [-0.05, 0) is 51.8 Å². The van der Waals surface area contributed by atoms with Gasteiger partial charge in [0.2, 0.25) is 0 Å². The average molecular weight is 288 g/mol. The molecule has 1 aromatic heterocycles. The number of aromatic nitrogens is 2. The molecular weight excluding hydrogens is 264 g/mol. The summed E-state index contributed by atoms with van der Waals surface area (Å²) < 4.78 is 0. The first-order valence-electron chi connectivity index (χ1n) is 8.05. The normalized spacial score (nSPS) is 26.5. The molecule has 5 heteroatoms. The molecule has 114 valence electrons. The second-order valence-corrected chi connectivity index (χ2v) is 6.04. The fraction of sp³-hybridized carbons (Fsp3) is 0.688. The van der Waals surface area contributed by atoms with E-state index in [9.17, 15) is 4.79 Å². The van der Waals surface area contributed by atoms with E-state index in [1.807, 2.05) is 6.92 Å². The Hall–Kier alpha value is -1.49. The van der Waals surface area contributed by atoms with E-state index in [1.54, 1.807) is 12.3 Å². The summed E-state index contributed by atoms with van der Waals surface area (Å²) >= 11 is 0. The van der Waals surface area contributed by atoms with Crippen LogP contribution in [0.3, 0.4) is 0 Å². The van der Waals surface area contributed by atoms with Crippen molar-refractivity contribution in [3.8, 4) is 0 Å². The topological polar surface area (TPSA) is 49.3 Å². The van der Waals surface area contributed by atoms with Crippen LogP contribution in [0.4, 0.5) is 0 Å². The number of hydrogen-bond donors (Lipinski definition) is 0. The van der Waals surface area contributed by atoms with Gasteiger partial charge >= 0.3 is 0 Å². The zero-order valence-corrected chi connectivity index (χ0v) is 13.0. The Labute approximate surface area is 126 Å². The van der Waals surface area contributed by atoms with Crippen molar-refractivity contribution in [2.45, 2.75) is 51.6 Å². The van der Waals surface area contributed by atoms with Gasteiger partial charge in [0.15, 0.2) is 0 Å². The van der Waals surface area contributed by atoms with Crippen LogP contribution >= 0.6 is 0 Å². The molecule has 2 fully saturated rings. The number of likely N-dealkylation sites (tertiary alicyclic amines) is 2. The van der Waals surface area contributed by atoms with Crippen LogP contribution in [0.5, 0.6) is 0 Å². The maximum absolute atomic E-state index is 12.8. The Morgan fingerprint density at radius 2 is 2.05 bits per heavy atom. The number of carbonyl (C=O) groups is 1. The van der Waals surface area contributed by atoms with Gasteiger partial charge in [0.1, 0.15) is 11.5 Å². The molecule has 1 aromatic rings. The highest BCUT2D eigenvalue weighted by Crippen LogP contribution is 2.30. The lowest BCUT2D eigenvalue weighted by Crippen LogP contribution is -2.48. The van der Waals surface area contributed by atoms with Crippen molar-refractivity contribution in [1.82, 2.24) is 19.8 Å². The molecule has 0 aliphatic carbocycles. The molecule has 0 N–H and O–H groups in total. The summed E-state index contributed by atoms with van der Waals surface area (Å²) in [6, 6.07) is 2.62. The molecule has 2 aliphatic heterocycles. The maximum Gasteiger partial charge on any atom is 0.272 e. The fourth-order valence-electron chi connectivity index (χ4n) is 3.85. The molecule has 3 rings (SSSR count). The largest absolute Gasteiger partial charge is 0.333 e. The van der Waals surface area contributed by atoms with Crippen LogP contribution in [-0.4, -0.2) is 57.4 Å². The highest BCUT2D eigenvalue weighted by atomic mass is 16.2. The molecule has 2 saturated heterocycles. The number of likely N-dealkylation sites (N-methyl/N-ethyl adjacent to an activating group) is 1. The molecule has 0 bridgehead atoms. The zero-order valence-electron chi connectivity index (χ0n) is 13.0. The van der Waals surface area contributed by atoms with Crippen LogP contribution in [0, 0.1) is 6.92 Å². The van der Waals surface area contributed by atoms with Crippen molar-refractivity contribution >= 4 is 5.91 Å². The summed E-state index contributed by atoms with van der Waals surface area (Å²) in [5.41, 5.74) is 0.537. The van der Waals surface area contributed by atoms with Gasteiger partial charge in [-0.1, -0.05) is 6.92 Å². The van der Waals surface area contributed by atoms with Gasteiger partial charge in [-0.25, -0.2) is 9.97 Å². The number of rotatable bonds is 3. The number of nitrogens with zero attached hydrogens (tertiary/aromatic N) is 4. The molecular formula is C16H24N4O. The van der Waals surface area contributed by atoms with E-state index >= 15 is 0 Å². The van der Waals surface area contributed by atoms with Crippen LogP contribution in [0.25, 0.3) is 0 Å². The van der Waals surface area contributed by atoms with E-state index in [-0.39, 0.29) is 5.91 Å². The molecule has 2 atom stereocenters. The average Bonchev–Trinajstić information content (AvgIpc) is 3.14. The Kier molecular flexibility index (Phi) is 4.19. The monoisotopic (exact) mass is 288 g/mol. The second-order valence-electron chi connectivity index (χ2n) is 6.04. The van der Waals surface area contributed by atoms with E-state index in [0.717, 1.165) is 25.9 Å². The molecule has 2 unspecified atom stereocenters. The quantitative estimate of drug-likeness (QED) is 0.852. The number of amides is 1. The highest BCUT2D eigenvalue weighted by Gasteiger charge is 2.39. The van der Waals surface area contributed by atoms with Gasteiger partial charge < -0.3 is 4.90 Å². The van der Waals surface area contributed by atoms with E-state index in [1.165, 1.54) is 19.4 Å². The lowest BCUT2D eigenvalue weighted by Gasteiger charge is -2.34. The Bertz CT molecular complexity index is 519. The second kappa shape index (κ2) is 6.10. The summed E-state index contributed by atoms with van der Waals surface area (Å²) in [4.78, 5) is 25.7. The lowest BCUT2D eigenvalue weighted by molar-refractivity contribution is 0.0643. The SMILES string of the molecule is CCN1CCCC1C1CCCN1C(=O)c1ccnc(C)n1. The first-order chi connectivity index (χ1) is 10.2. The maximum atomic E-state index is 12.8. The highest BCUT2D eigenvalue weighted by molar-refractivity contribution is 5.92. The van der Waals surface area contributed by atoms with Crippen LogP contribution in [0.2, 0.25) is 0 Å². The molecule has 0 saturated carbocycles. The molecule has 21 heavy (non-hydrogen) atoms. The summed E-state index contributed by atoms with van der Waals surface area (Å²) in [7, 11) is 0. The van der Waals surface area contributed by atoms with Crippen molar-refractivity contribution in [2.75, 3.05) is 19.6 Å². The molecule has 0 aromatic carbocycles. The minimum Gasteiger partial charge on any atom is -0.333 e. The first-order valence-corrected chi connectivity index (χ1v) is 8.05. The molecule has 1 amide bonds. The molecule has 5 nitrogen and oxygen atoms in total. The van der Waals surface area contributed by atoms with Crippen molar-refractivity contribution in [2.24, 2.45) is 0 Å². The Balaban J connectivity index is 1.79. The molecule has 3 heterocycles. The van der Waals surface area contributed by atoms with Gasteiger partial charge in [-0.3, -0.25) is 9.69 Å². The van der Waals surface area contributed by atoms with Crippen molar-refractivity contribution < 1.29 is 4.79 Å². The van der Waals surface area contributed by atoms with Crippen LogP contribution in [0.1, 0.15) is 48.9 Å². The van der Waals surface area contributed by atoms with Crippen LogP contribution in [-0.2, 0) is 0 Å². The van der Waals surface area contributed by atoms with Crippen molar-refractivity contribution in [1.29, 1.82) is 0 Å². The van der Waals surface area contributed by atoms with E-state index in [4.69, 9.17) is 0 Å². The summed E-state index contributed by atoms with van der Waals surface area (Å²) in [6.07, 6.45) is 6.37. The molecule has 2 aliphatic rings. The van der Waals surface area contributed by atoms with Gasteiger partial charge in [0.25, 0.3) is 5.91 Å². The van der Waals surface area contributed by atoms with E-state index in [0.29, 0.717) is 23.6 Å². The minimum absolute atomic E-state index is 0.0750. The van der Waals surface area contributed by atoms with Gasteiger partial charge in [-0.15, -0.1) is 0 Å². The van der Waals surface area contributed by atoms with E-state index < -0.39 is 0 Å². The standard InChI is InChI=1S/C16H24N4O/c1-3-19-10-4-6-14(19)15-7-5-11-20(15)16(21)13-8-9-17-12(2)18-13/h8-9,14-15H,3-7,10-11H2,1-2H3. The summed E-state index contributed by atoms with van der Waals surface area (Å²) in [5, 5.41) is 0. The smallest absolute Gasteiger partial charge is 0.272 e. The number of hydrogen-bond acceptors (Lipinski definition) is 4. The summed E-state index contributed by atoms with van der Waals surface area (Å²) in [6.45, 7) is 7.16. The Morgan fingerprint density at radius 1 is 1.29 bits per heavy atom. The third-order valence-electron chi connectivity index (χ3n) is 4.82. The predicted octanol–water partition coefficient (Wildman–Crippen LogP) is 1.87. The zero-order chi connectivity index (χ0) is 14.8. The van der Waals surface area contributed by atoms with Crippen LogP contribution < -0.4 is 0 Å². The van der Waals surface area contributed by atoms with Gasteiger partial charge in [0, 0.05) is 24.8 Å². The first kappa shape index (κ1) is 14.4. The third kappa shape index (κ3) is 2.79. The van der Waals surface area contributed by atoms with Crippen molar-refractivity contribution in [3.63, 3.8) is 0 Å². The minimum atomic E-state index is 0.0750. The molecule has 0 radical (unpaired) electrons. The number of carbonyl (C=O) groups excluding carboxylic acids is 1. The van der Waals surface area contributed by atoms with Gasteiger partial charge in [0.05, 0.1) is 0 Å². The lowest BCUT2D eigenvalue weighted by atomic mass is 10.0. The van der Waals surface area contributed by atoms with Crippen molar-refractivity contribution in [3.05, 3.63) is 23.8 Å². The third-order valence-corrected chi connectivity index (χ3v) is 4.82.